The molecule has 0 aromatic heterocycles. The number of benzene rings is 3. The van der Waals surface area contributed by atoms with Gasteiger partial charge in [0.05, 0.1) is 10.6 Å². The quantitative estimate of drug-likeness (QED) is 0.356. The molecule has 0 radical (unpaired) electrons. The van der Waals surface area contributed by atoms with Crippen LogP contribution in [0.4, 0.5) is 5.69 Å². The van der Waals surface area contributed by atoms with E-state index >= 15 is 0 Å². The van der Waals surface area contributed by atoms with E-state index in [1.54, 1.807) is 19.2 Å². The Kier molecular flexibility index (Phi) is 7.31. The van der Waals surface area contributed by atoms with Crippen molar-refractivity contribution in [1.29, 1.82) is 0 Å². The molecule has 7 nitrogen and oxygen atoms in total. The van der Waals surface area contributed by atoms with Gasteiger partial charge in [0.15, 0.2) is 6.61 Å². The monoisotopic (exact) mass is 490 g/mol. The van der Waals surface area contributed by atoms with E-state index in [2.05, 4.69) is 0 Å². The normalized spacial score (nSPS) is 13.0. The molecule has 0 N–H and O–H groups in total. The molecule has 4 rings (SSSR count). The van der Waals surface area contributed by atoms with E-state index in [4.69, 9.17) is 4.74 Å². The number of ether oxygens (including phenoxy) is 1. The molecule has 0 fully saturated rings. The summed E-state index contributed by atoms with van der Waals surface area (Å²) in [4.78, 5) is 25.9. The van der Waals surface area contributed by atoms with Gasteiger partial charge in [0, 0.05) is 26.2 Å². The summed E-state index contributed by atoms with van der Waals surface area (Å²) in [5.74, 6) is -0.967. The average Bonchev–Trinajstić information content (AvgIpc) is 3.32. The highest BCUT2D eigenvalue weighted by atomic mass is 32.2. The van der Waals surface area contributed by atoms with Gasteiger partial charge >= 0.3 is 5.97 Å². The van der Waals surface area contributed by atoms with Crippen LogP contribution in [0.5, 0.6) is 0 Å². The number of carbonyl (C=O) groups is 2. The van der Waals surface area contributed by atoms with Crippen molar-refractivity contribution in [3.8, 4) is 0 Å². The Balaban J connectivity index is 1.31. The van der Waals surface area contributed by atoms with Gasteiger partial charge in [0.25, 0.3) is 15.9 Å². The van der Waals surface area contributed by atoms with Crippen LogP contribution in [0.3, 0.4) is 0 Å². The molecule has 1 amide bonds. The van der Waals surface area contributed by atoms with Gasteiger partial charge in [-0.1, -0.05) is 60.7 Å². The summed E-state index contributed by atoms with van der Waals surface area (Å²) in [5, 5.41) is 0. The minimum Gasteiger partial charge on any atom is -0.452 e. The summed E-state index contributed by atoms with van der Waals surface area (Å²) in [5.41, 5.74) is 3.34. The topological polar surface area (TPSA) is 84.0 Å². The van der Waals surface area contributed by atoms with Gasteiger partial charge in [-0.3, -0.25) is 9.10 Å². The lowest BCUT2D eigenvalue weighted by Gasteiger charge is -2.19. The predicted molar refractivity (Wildman–Crippen MR) is 134 cm³/mol. The number of esters is 1. The molecule has 0 aliphatic carbocycles. The molecule has 3 aromatic carbocycles. The molecule has 3 aromatic rings. The molecule has 0 atom stereocenters. The molecule has 0 saturated heterocycles. The van der Waals surface area contributed by atoms with Gasteiger partial charge < -0.3 is 9.64 Å². The molecule has 0 saturated carbocycles. The molecule has 8 heteroatoms. The zero-order valence-corrected chi connectivity index (χ0v) is 20.1. The van der Waals surface area contributed by atoms with Crippen molar-refractivity contribution in [2.24, 2.45) is 0 Å². The number of anilines is 1. The summed E-state index contributed by atoms with van der Waals surface area (Å²) >= 11 is 0. The number of para-hydroxylation sites is 1. The molecule has 35 heavy (non-hydrogen) atoms. The average molecular weight is 491 g/mol. The van der Waals surface area contributed by atoms with Crippen LogP contribution in [-0.4, -0.2) is 45.4 Å². The van der Waals surface area contributed by atoms with Crippen LogP contribution in [0.15, 0.2) is 89.8 Å². The van der Waals surface area contributed by atoms with Crippen LogP contribution in [0.25, 0.3) is 6.08 Å². The summed E-state index contributed by atoms with van der Waals surface area (Å²) in [6, 6.07) is 23.3. The summed E-state index contributed by atoms with van der Waals surface area (Å²) in [6.45, 7) is 0.473. The third-order valence-corrected chi connectivity index (χ3v) is 7.58. The summed E-state index contributed by atoms with van der Waals surface area (Å²) < 4.78 is 32.7. The highest BCUT2D eigenvalue weighted by Gasteiger charge is 2.30. The minimum absolute atomic E-state index is 0.181. The Hall–Kier alpha value is -3.91. The van der Waals surface area contributed by atoms with E-state index in [0.717, 1.165) is 11.1 Å². The maximum Gasteiger partial charge on any atom is 0.331 e. The highest BCUT2D eigenvalue weighted by molar-refractivity contribution is 7.92. The maximum atomic E-state index is 13.1. The van der Waals surface area contributed by atoms with Gasteiger partial charge in [0.2, 0.25) is 0 Å². The molecular weight excluding hydrogens is 464 g/mol. The van der Waals surface area contributed by atoms with Gasteiger partial charge in [-0.25, -0.2) is 13.2 Å². The fraction of sp³-hybridized carbons (Fsp3) is 0.185. The van der Waals surface area contributed by atoms with Crippen molar-refractivity contribution in [3.63, 3.8) is 0 Å². The Bertz CT molecular complexity index is 1340. The minimum atomic E-state index is -3.67. The van der Waals surface area contributed by atoms with E-state index in [-0.39, 0.29) is 17.4 Å². The molecule has 180 valence electrons. The molecule has 0 bridgehead atoms. The number of carbonyl (C=O) groups excluding carboxylic acids is 2. The first-order valence-electron chi connectivity index (χ1n) is 11.2. The third-order valence-electron chi connectivity index (χ3n) is 5.75. The Labute approximate surface area is 205 Å². The number of nitrogens with zero attached hydrogens (tertiary/aromatic N) is 2. The van der Waals surface area contributed by atoms with Crippen molar-refractivity contribution >= 4 is 33.7 Å². The number of rotatable bonds is 8. The fourth-order valence-electron chi connectivity index (χ4n) is 3.84. The number of likely N-dealkylation sites (N-methyl/N-ethyl adjacent to an activating group) is 1. The smallest absolute Gasteiger partial charge is 0.331 e. The van der Waals surface area contributed by atoms with E-state index in [1.165, 1.54) is 33.5 Å². The lowest BCUT2D eigenvalue weighted by molar-refractivity contribution is -0.147. The number of amides is 1. The van der Waals surface area contributed by atoms with Gasteiger partial charge in [0.1, 0.15) is 0 Å². The third kappa shape index (κ3) is 5.78. The lowest BCUT2D eigenvalue weighted by atomic mass is 10.2. The van der Waals surface area contributed by atoms with E-state index in [0.29, 0.717) is 30.8 Å². The highest BCUT2D eigenvalue weighted by Crippen LogP contribution is 2.32. The molecule has 0 spiro atoms. The molecule has 0 unspecified atom stereocenters. The molecular formula is C27H26N2O5S. The number of fused-ring (bicyclic) bond motifs is 1. The molecule has 1 aliphatic heterocycles. The Morgan fingerprint density at radius 1 is 0.971 bits per heavy atom. The summed E-state index contributed by atoms with van der Waals surface area (Å²) in [6.07, 6.45) is 3.41. The molecule has 1 aliphatic rings. The van der Waals surface area contributed by atoms with E-state index in [9.17, 15) is 18.0 Å². The van der Waals surface area contributed by atoms with Crippen molar-refractivity contribution in [3.05, 3.63) is 102 Å². The standard InChI is InChI=1S/C27H26N2O5S/c1-28(19-22-7-3-2-4-8-22)26(30)20-34-27(31)16-13-21-11-14-24(15-12-21)35(32,33)29-18-17-23-9-5-6-10-25(23)29/h2-16H,17-20H2,1H3/b16-13+. The lowest BCUT2D eigenvalue weighted by Crippen LogP contribution is -2.30. The summed E-state index contributed by atoms with van der Waals surface area (Å²) in [7, 11) is -2.03. The predicted octanol–water partition coefficient (Wildman–Crippen LogP) is 3.65. The first-order valence-corrected chi connectivity index (χ1v) is 12.6. The second-order valence-electron chi connectivity index (χ2n) is 8.20. The van der Waals surface area contributed by atoms with Crippen LogP contribution >= 0.6 is 0 Å². The van der Waals surface area contributed by atoms with Crippen molar-refractivity contribution in [1.82, 2.24) is 4.90 Å². The number of sulfonamides is 1. The van der Waals surface area contributed by atoms with Crippen LogP contribution in [0, 0.1) is 0 Å². The SMILES string of the molecule is CN(Cc1ccccc1)C(=O)COC(=O)/C=C/c1ccc(S(=O)(=O)N2CCc3ccccc32)cc1. The second kappa shape index (κ2) is 10.6. The van der Waals surface area contributed by atoms with Gasteiger partial charge in [-0.2, -0.15) is 0 Å². The van der Waals surface area contributed by atoms with Gasteiger partial charge in [-0.05, 0) is 47.4 Å². The van der Waals surface area contributed by atoms with Crippen molar-refractivity contribution < 1.29 is 22.7 Å². The largest absolute Gasteiger partial charge is 0.452 e. The first kappa shape index (κ1) is 24.2. The van der Waals surface area contributed by atoms with Crippen molar-refractivity contribution in [2.45, 2.75) is 17.9 Å². The zero-order chi connectivity index (χ0) is 24.8. The Morgan fingerprint density at radius 3 is 2.40 bits per heavy atom. The van der Waals surface area contributed by atoms with Crippen LogP contribution in [-0.2, 0) is 37.3 Å². The van der Waals surface area contributed by atoms with Crippen LogP contribution in [0.1, 0.15) is 16.7 Å². The Morgan fingerprint density at radius 2 is 1.66 bits per heavy atom. The van der Waals surface area contributed by atoms with Gasteiger partial charge in [-0.15, -0.1) is 0 Å². The van der Waals surface area contributed by atoms with E-state index < -0.39 is 16.0 Å². The zero-order valence-electron chi connectivity index (χ0n) is 19.3. The van der Waals surface area contributed by atoms with E-state index in [1.807, 2.05) is 54.6 Å². The first-order chi connectivity index (χ1) is 16.8. The fourth-order valence-corrected chi connectivity index (χ4v) is 5.34. The number of hydrogen-bond donors (Lipinski definition) is 0. The maximum absolute atomic E-state index is 13.1. The molecule has 1 heterocycles. The van der Waals surface area contributed by atoms with Crippen LogP contribution < -0.4 is 4.31 Å². The van der Waals surface area contributed by atoms with Crippen LogP contribution in [0.2, 0.25) is 0 Å². The van der Waals surface area contributed by atoms with Crippen molar-refractivity contribution in [2.75, 3.05) is 24.5 Å². The number of hydrogen-bond acceptors (Lipinski definition) is 5. The second-order valence-corrected chi connectivity index (χ2v) is 10.1.